The van der Waals surface area contributed by atoms with Crippen LogP contribution >= 0.6 is 15.9 Å². The zero-order valence-corrected chi connectivity index (χ0v) is 12.4. The van der Waals surface area contributed by atoms with Crippen molar-refractivity contribution in [2.45, 2.75) is 31.9 Å². The Bertz CT molecular complexity index is 401. The number of methoxy groups -OCH3 is 1. The molecule has 2 nitrogen and oxygen atoms in total. The average Bonchev–Trinajstić information content (AvgIpc) is 2.37. The summed E-state index contributed by atoms with van der Waals surface area (Å²) in [4.78, 5) is 0. The second-order valence-corrected chi connectivity index (χ2v) is 4.94. The third-order valence-electron chi connectivity index (χ3n) is 2.95. The summed E-state index contributed by atoms with van der Waals surface area (Å²) in [5.41, 5.74) is 0.0205. The van der Waals surface area contributed by atoms with Crippen molar-refractivity contribution in [1.82, 2.24) is 5.32 Å². The highest BCUT2D eigenvalue weighted by molar-refractivity contribution is 9.10. The third kappa shape index (κ3) is 3.28. The number of likely N-dealkylation sites (N-methyl/N-ethyl adjacent to an activating group) is 1. The van der Waals surface area contributed by atoms with Crippen LogP contribution in [0.15, 0.2) is 16.6 Å². The highest BCUT2D eigenvalue weighted by Gasteiger charge is 2.27. The Labute approximate surface area is 115 Å². The van der Waals surface area contributed by atoms with E-state index in [0.717, 1.165) is 12.8 Å². The molecular formula is C13H18BrF2NO. The van der Waals surface area contributed by atoms with Crippen molar-refractivity contribution in [1.29, 1.82) is 0 Å². The predicted octanol–water partition coefficient (Wildman–Crippen LogP) is 3.80. The zero-order valence-electron chi connectivity index (χ0n) is 10.8. The summed E-state index contributed by atoms with van der Waals surface area (Å²) < 4.78 is 33.5. The number of rotatable bonds is 6. The Morgan fingerprint density at radius 2 is 2.06 bits per heavy atom. The van der Waals surface area contributed by atoms with Crippen LogP contribution in [-0.2, 0) is 4.74 Å². The highest BCUT2D eigenvalue weighted by atomic mass is 79.9. The lowest BCUT2D eigenvalue weighted by Gasteiger charge is -2.26. The smallest absolute Gasteiger partial charge is 0.145 e. The van der Waals surface area contributed by atoms with Crippen molar-refractivity contribution < 1.29 is 13.5 Å². The van der Waals surface area contributed by atoms with Gasteiger partial charge in [-0.1, -0.05) is 13.3 Å². The number of hydrogen-bond acceptors (Lipinski definition) is 2. The lowest BCUT2D eigenvalue weighted by Crippen LogP contribution is -2.32. The van der Waals surface area contributed by atoms with Gasteiger partial charge in [-0.15, -0.1) is 0 Å². The molecule has 0 bridgehead atoms. The molecule has 0 aliphatic heterocycles. The van der Waals surface area contributed by atoms with Crippen molar-refractivity contribution >= 4 is 15.9 Å². The quantitative estimate of drug-likeness (QED) is 0.805. The Hall–Kier alpha value is -0.520. The minimum atomic E-state index is -0.576. The standard InChI is InChI=1S/C13H18BrF2NO/c1-4-5-10(18-3)13(17-2)11-9(15)7-6-8(14)12(11)16/h6-7,10,13,17H,4-5H2,1-3H3. The Morgan fingerprint density at radius 1 is 1.39 bits per heavy atom. The number of nitrogens with one attached hydrogen (secondary N) is 1. The lowest BCUT2D eigenvalue weighted by atomic mass is 9.97. The maximum absolute atomic E-state index is 14.1. The molecular weight excluding hydrogens is 304 g/mol. The van der Waals surface area contributed by atoms with Gasteiger partial charge in [0.25, 0.3) is 0 Å². The molecule has 1 rings (SSSR count). The number of hydrogen-bond donors (Lipinski definition) is 1. The summed E-state index contributed by atoms with van der Waals surface area (Å²) in [5.74, 6) is -1.14. The van der Waals surface area contributed by atoms with Gasteiger partial charge in [0.1, 0.15) is 11.6 Å². The van der Waals surface area contributed by atoms with Crippen molar-refractivity contribution in [2.75, 3.05) is 14.2 Å². The molecule has 5 heteroatoms. The van der Waals surface area contributed by atoms with E-state index in [1.54, 1.807) is 14.2 Å². The summed E-state index contributed by atoms with van der Waals surface area (Å²) in [7, 11) is 3.23. The zero-order chi connectivity index (χ0) is 13.7. The minimum absolute atomic E-state index is 0.0205. The van der Waals surface area contributed by atoms with Crippen molar-refractivity contribution in [3.8, 4) is 0 Å². The summed E-state index contributed by atoms with van der Waals surface area (Å²) in [6.45, 7) is 2.01. The first kappa shape index (κ1) is 15.5. The van der Waals surface area contributed by atoms with E-state index < -0.39 is 17.7 Å². The van der Waals surface area contributed by atoms with Crippen LogP contribution in [0.3, 0.4) is 0 Å². The molecule has 0 fully saturated rings. The van der Waals surface area contributed by atoms with Crippen LogP contribution in [0.2, 0.25) is 0 Å². The molecule has 0 aliphatic rings. The maximum Gasteiger partial charge on any atom is 0.145 e. The van der Waals surface area contributed by atoms with Gasteiger partial charge >= 0.3 is 0 Å². The third-order valence-corrected chi connectivity index (χ3v) is 3.56. The van der Waals surface area contributed by atoms with Gasteiger partial charge in [0.2, 0.25) is 0 Å². The minimum Gasteiger partial charge on any atom is -0.379 e. The van der Waals surface area contributed by atoms with Crippen LogP contribution in [-0.4, -0.2) is 20.3 Å². The van der Waals surface area contributed by atoms with Crippen LogP contribution in [0.25, 0.3) is 0 Å². The fourth-order valence-corrected chi connectivity index (χ4v) is 2.39. The van der Waals surface area contributed by atoms with Gasteiger partial charge < -0.3 is 10.1 Å². The monoisotopic (exact) mass is 321 g/mol. The van der Waals surface area contributed by atoms with Gasteiger partial charge in [-0.05, 0) is 41.5 Å². The van der Waals surface area contributed by atoms with Crippen molar-refractivity contribution in [3.05, 3.63) is 33.8 Å². The first-order valence-corrected chi connectivity index (χ1v) is 6.69. The molecule has 0 radical (unpaired) electrons. The van der Waals surface area contributed by atoms with E-state index in [1.165, 1.54) is 12.1 Å². The molecule has 0 aromatic heterocycles. The maximum atomic E-state index is 14.1. The highest BCUT2D eigenvalue weighted by Crippen LogP contribution is 2.30. The average molecular weight is 322 g/mol. The molecule has 2 atom stereocenters. The van der Waals surface area contributed by atoms with Gasteiger partial charge in [0, 0.05) is 12.7 Å². The molecule has 18 heavy (non-hydrogen) atoms. The number of ether oxygens (including phenoxy) is 1. The summed E-state index contributed by atoms with van der Waals surface area (Å²) in [5, 5.41) is 2.94. The molecule has 1 aromatic rings. The van der Waals surface area contributed by atoms with E-state index in [2.05, 4.69) is 21.2 Å². The van der Waals surface area contributed by atoms with Gasteiger partial charge in [0.05, 0.1) is 16.6 Å². The molecule has 0 aliphatic carbocycles. The van der Waals surface area contributed by atoms with Crippen LogP contribution in [0, 0.1) is 11.6 Å². The van der Waals surface area contributed by atoms with Crippen LogP contribution < -0.4 is 5.32 Å². The van der Waals surface area contributed by atoms with Crippen molar-refractivity contribution in [3.63, 3.8) is 0 Å². The van der Waals surface area contributed by atoms with E-state index in [1.807, 2.05) is 6.92 Å². The first-order chi connectivity index (χ1) is 8.56. The van der Waals surface area contributed by atoms with Crippen LogP contribution in [0.4, 0.5) is 8.78 Å². The van der Waals surface area contributed by atoms with Gasteiger partial charge in [-0.25, -0.2) is 8.78 Å². The molecule has 1 aromatic carbocycles. The van der Waals surface area contributed by atoms with Gasteiger partial charge in [-0.3, -0.25) is 0 Å². The van der Waals surface area contributed by atoms with Gasteiger partial charge in [-0.2, -0.15) is 0 Å². The lowest BCUT2D eigenvalue weighted by molar-refractivity contribution is 0.0607. The van der Waals surface area contributed by atoms with Crippen LogP contribution in [0.5, 0.6) is 0 Å². The molecule has 0 saturated carbocycles. The molecule has 0 saturated heterocycles. The van der Waals surface area contributed by atoms with Gasteiger partial charge in [0.15, 0.2) is 0 Å². The van der Waals surface area contributed by atoms with E-state index in [0.29, 0.717) is 0 Å². The van der Waals surface area contributed by atoms with Crippen LogP contribution in [0.1, 0.15) is 31.4 Å². The topological polar surface area (TPSA) is 21.3 Å². The molecule has 102 valence electrons. The Morgan fingerprint density at radius 3 is 2.56 bits per heavy atom. The summed E-state index contributed by atoms with van der Waals surface area (Å²) in [6, 6.07) is 2.11. The SMILES string of the molecule is CCCC(OC)C(NC)c1c(F)ccc(Br)c1F. The fraction of sp³-hybridized carbons (Fsp3) is 0.538. The number of halogens is 3. The molecule has 0 spiro atoms. The molecule has 1 N–H and O–H groups in total. The van der Waals surface area contributed by atoms with E-state index in [9.17, 15) is 8.78 Å². The molecule has 0 amide bonds. The molecule has 0 heterocycles. The van der Waals surface area contributed by atoms with E-state index in [-0.39, 0.29) is 16.1 Å². The summed E-state index contributed by atoms with van der Waals surface area (Å²) in [6.07, 6.45) is 1.35. The molecule has 2 unspecified atom stereocenters. The Kier molecular flexibility index (Phi) is 6.18. The fourth-order valence-electron chi connectivity index (χ4n) is 2.05. The first-order valence-electron chi connectivity index (χ1n) is 5.90. The number of benzene rings is 1. The second kappa shape index (κ2) is 7.16. The second-order valence-electron chi connectivity index (χ2n) is 4.09. The van der Waals surface area contributed by atoms with E-state index >= 15 is 0 Å². The summed E-state index contributed by atoms with van der Waals surface area (Å²) >= 11 is 3.08. The van der Waals surface area contributed by atoms with Crippen molar-refractivity contribution in [2.24, 2.45) is 0 Å². The largest absolute Gasteiger partial charge is 0.379 e. The Balaban J connectivity index is 3.19. The van der Waals surface area contributed by atoms with E-state index in [4.69, 9.17) is 4.74 Å². The normalized spacial score (nSPS) is 14.6. The predicted molar refractivity (Wildman–Crippen MR) is 71.6 cm³/mol.